The molecule has 2 aromatic carbocycles. The third kappa shape index (κ3) is 2.29. The SMILES string of the molecule is C#Cc1c(Cl)ccc2cc(O)ccc12.CC. The van der Waals surface area contributed by atoms with Crippen LogP contribution in [0.2, 0.25) is 5.02 Å². The van der Waals surface area contributed by atoms with Crippen LogP contribution >= 0.6 is 11.6 Å². The zero-order valence-electron chi connectivity index (χ0n) is 9.29. The van der Waals surface area contributed by atoms with E-state index in [0.717, 1.165) is 10.8 Å². The molecule has 0 spiro atoms. The summed E-state index contributed by atoms with van der Waals surface area (Å²) in [6, 6.07) is 8.59. The first-order chi connectivity index (χ1) is 7.72. The maximum absolute atomic E-state index is 9.28. The maximum atomic E-state index is 9.28. The van der Waals surface area contributed by atoms with Gasteiger partial charge >= 0.3 is 0 Å². The number of phenols is 1. The Morgan fingerprint density at radius 3 is 2.50 bits per heavy atom. The summed E-state index contributed by atoms with van der Waals surface area (Å²) in [5, 5.41) is 11.6. The number of rotatable bonds is 0. The Morgan fingerprint density at radius 2 is 1.88 bits per heavy atom. The van der Waals surface area contributed by atoms with E-state index in [9.17, 15) is 5.11 Å². The minimum absolute atomic E-state index is 0.225. The highest BCUT2D eigenvalue weighted by Crippen LogP contribution is 2.27. The summed E-state index contributed by atoms with van der Waals surface area (Å²) in [6.07, 6.45) is 5.36. The summed E-state index contributed by atoms with van der Waals surface area (Å²) < 4.78 is 0. The van der Waals surface area contributed by atoms with Gasteiger partial charge in [-0.25, -0.2) is 0 Å². The highest BCUT2D eigenvalue weighted by atomic mass is 35.5. The van der Waals surface area contributed by atoms with Crippen molar-refractivity contribution in [3.8, 4) is 18.1 Å². The lowest BCUT2D eigenvalue weighted by atomic mass is 10.0. The number of phenolic OH excluding ortho intramolecular Hbond substituents is 1. The van der Waals surface area contributed by atoms with Gasteiger partial charge in [0.2, 0.25) is 0 Å². The molecule has 1 nitrogen and oxygen atoms in total. The molecule has 0 aliphatic rings. The lowest BCUT2D eigenvalue weighted by Gasteiger charge is -2.03. The molecular formula is C14H13ClO. The van der Waals surface area contributed by atoms with Gasteiger partial charge in [0, 0.05) is 0 Å². The average molecular weight is 233 g/mol. The zero-order valence-corrected chi connectivity index (χ0v) is 10.0. The molecule has 0 atom stereocenters. The molecule has 2 heteroatoms. The van der Waals surface area contributed by atoms with Crippen LogP contribution in [-0.4, -0.2) is 5.11 Å². The van der Waals surface area contributed by atoms with Crippen LogP contribution in [-0.2, 0) is 0 Å². The molecule has 2 rings (SSSR count). The molecule has 0 fully saturated rings. The second-order valence-electron chi connectivity index (χ2n) is 2.97. The quantitative estimate of drug-likeness (QED) is 0.675. The zero-order chi connectivity index (χ0) is 12.1. The Kier molecular flexibility index (Phi) is 4.22. The smallest absolute Gasteiger partial charge is 0.116 e. The van der Waals surface area contributed by atoms with Gasteiger partial charge in [0.05, 0.1) is 10.6 Å². The van der Waals surface area contributed by atoms with E-state index >= 15 is 0 Å². The largest absolute Gasteiger partial charge is 0.508 e. The molecule has 0 saturated carbocycles. The van der Waals surface area contributed by atoms with E-state index in [0.29, 0.717) is 10.6 Å². The van der Waals surface area contributed by atoms with Crippen molar-refractivity contribution in [1.82, 2.24) is 0 Å². The Labute approximate surface area is 101 Å². The lowest BCUT2D eigenvalue weighted by molar-refractivity contribution is 0.476. The summed E-state index contributed by atoms with van der Waals surface area (Å²) in [4.78, 5) is 0. The van der Waals surface area contributed by atoms with E-state index in [1.165, 1.54) is 0 Å². The number of hydrogen-bond donors (Lipinski definition) is 1. The van der Waals surface area contributed by atoms with Crippen LogP contribution in [0.5, 0.6) is 5.75 Å². The standard InChI is InChI=1S/C12H7ClO.C2H6/c1-2-10-11-5-4-9(14)7-8(11)3-6-12(10)13;1-2/h1,3-7,14H;1-2H3. The van der Waals surface area contributed by atoms with Gasteiger partial charge in [-0.2, -0.15) is 0 Å². The van der Waals surface area contributed by atoms with Gasteiger partial charge in [0.1, 0.15) is 5.75 Å². The van der Waals surface area contributed by atoms with Gasteiger partial charge in [-0.05, 0) is 35.0 Å². The summed E-state index contributed by atoms with van der Waals surface area (Å²) in [6.45, 7) is 4.00. The third-order valence-corrected chi connectivity index (χ3v) is 2.41. The second kappa shape index (κ2) is 5.44. The van der Waals surface area contributed by atoms with Crippen LogP contribution in [0.4, 0.5) is 0 Å². The van der Waals surface area contributed by atoms with E-state index in [-0.39, 0.29) is 5.75 Å². The molecule has 0 aliphatic heterocycles. The van der Waals surface area contributed by atoms with Crippen LogP contribution < -0.4 is 0 Å². The van der Waals surface area contributed by atoms with Crippen molar-refractivity contribution in [1.29, 1.82) is 0 Å². The molecule has 0 aromatic heterocycles. The fraction of sp³-hybridized carbons (Fsp3) is 0.143. The van der Waals surface area contributed by atoms with Gasteiger partial charge in [-0.3, -0.25) is 0 Å². The summed E-state index contributed by atoms with van der Waals surface area (Å²) >= 11 is 5.94. The molecule has 2 aromatic rings. The van der Waals surface area contributed by atoms with Crippen LogP contribution in [0.15, 0.2) is 30.3 Å². The number of terminal acetylenes is 1. The fourth-order valence-electron chi connectivity index (χ4n) is 1.44. The van der Waals surface area contributed by atoms with E-state index in [1.54, 1.807) is 24.3 Å². The molecule has 0 saturated heterocycles. The highest BCUT2D eigenvalue weighted by molar-refractivity contribution is 6.32. The fourth-order valence-corrected chi connectivity index (χ4v) is 1.66. The summed E-state index contributed by atoms with van der Waals surface area (Å²) in [5.41, 5.74) is 0.671. The van der Waals surface area contributed by atoms with E-state index in [1.807, 2.05) is 19.9 Å². The molecule has 0 amide bonds. The van der Waals surface area contributed by atoms with Crippen LogP contribution in [0, 0.1) is 12.3 Å². The van der Waals surface area contributed by atoms with Crippen LogP contribution in [0.1, 0.15) is 19.4 Å². The van der Waals surface area contributed by atoms with Crippen molar-refractivity contribution >= 4 is 22.4 Å². The normalized spacial score (nSPS) is 9.12. The Bertz CT molecular complexity index is 538. The summed E-state index contributed by atoms with van der Waals surface area (Å²) in [7, 11) is 0. The molecule has 16 heavy (non-hydrogen) atoms. The van der Waals surface area contributed by atoms with Gasteiger partial charge in [-0.1, -0.05) is 37.4 Å². The first-order valence-corrected chi connectivity index (χ1v) is 5.48. The molecule has 0 radical (unpaired) electrons. The monoisotopic (exact) mass is 232 g/mol. The van der Waals surface area contributed by atoms with Crippen molar-refractivity contribution < 1.29 is 5.11 Å². The topological polar surface area (TPSA) is 20.2 Å². The van der Waals surface area contributed by atoms with Crippen molar-refractivity contribution in [2.24, 2.45) is 0 Å². The second-order valence-corrected chi connectivity index (χ2v) is 3.38. The third-order valence-electron chi connectivity index (χ3n) is 2.10. The number of aromatic hydroxyl groups is 1. The van der Waals surface area contributed by atoms with E-state index < -0.39 is 0 Å². The molecule has 1 N–H and O–H groups in total. The van der Waals surface area contributed by atoms with Gasteiger partial charge < -0.3 is 5.11 Å². The number of halogens is 1. The predicted octanol–water partition coefficient (Wildman–Crippen LogP) is 4.21. The first kappa shape index (κ1) is 12.4. The summed E-state index contributed by atoms with van der Waals surface area (Å²) in [5.74, 6) is 2.77. The molecule has 0 aliphatic carbocycles. The molecule has 0 unspecified atom stereocenters. The van der Waals surface area contributed by atoms with Crippen molar-refractivity contribution in [2.75, 3.05) is 0 Å². The minimum Gasteiger partial charge on any atom is -0.508 e. The van der Waals surface area contributed by atoms with Crippen molar-refractivity contribution in [3.63, 3.8) is 0 Å². The Balaban J connectivity index is 0.000000606. The highest BCUT2D eigenvalue weighted by Gasteiger charge is 2.03. The van der Waals surface area contributed by atoms with Crippen LogP contribution in [0.25, 0.3) is 10.8 Å². The minimum atomic E-state index is 0.225. The lowest BCUT2D eigenvalue weighted by Crippen LogP contribution is -1.81. The molecular weight excluding hydrogens is 220 g/mol. The number of benzene rings is 2. The predicted molar refractivity (Wildman–Crippen MR) is 69.9 cm³/mol. The van der Waals surface area contributed by atoms with E-state index in [4.69, 9.17) is 18.0 Å². The van der Waals surface area contributed by atoms with Gasteiger partial charge in [-0.15, -0.1) is 6.42 Å². The number of fused-ring (bicyclic) bond motifs is 1. The van der Waals surface area contributed by atoms with Crippen molar-refractivity contribution in [3.05, 3.63) is 40.9 Å². The molecule has 0 heterocycles. The maximum Gasteiger partial charge on any atom is 0.116 e. The first-order valence-electron chi connectivity index (χ1n) is 5.10. The molecule has 0 bridgehead atoms. The van der Waals surface area contributed by atoms with Gasteiger partial charge in [0.15, 0.2) is 0 Å². The van der Waals surface area contributed by atoms with Crippen LogP contribution in [0.3, 0.4) is 0 Å². The van der Waals surface area contributed by atoms with Crippen molar-refractivity contribution in [2.45, 2.75) is 13.8 Å². The Hall–Kier alpha value is -1.65. The Morgan fingerprint density at radius 1 is 1.19 bits per heavy atom. The average Bonchev–Trinajstić information content (AvgIpc) is 2.32. The number of hydrogen-bond acceptors (Lipinski definition) is 1. The molecule has 82 valence electrons. The van der Waals surface area contributed by atoms with Gasteiger partial charge in [0.25, 0.3) is 0 Å². The van der Waals surface area contributed by atoms with E-state index in [2.05, 4.69) is 5.92 Å².